The average Bonchev–Trinajstić information content (AvgIpc) is 2.46. The van der Waals surface area contributed by atoms with Gasteiger partial charge in [0.1, 0.15) is 5.75 Å². The summed E-state index contributed by atoms with van der Waals surface area (Å²) in [5.74, 6) is 0.992. The summed E-state index contributed by atoms with van der Waals surface area (Å²) >= 11 is 0. The lowest BCUT2D eigenvalue weighted by atomic mass is 10.00. The molecule has 0 unspecified atom stereocenters. The van der Waals surface area contributed by atoms with Gasteiger partial charge in [-0.15, -0.1) is 0 Å². The monoisotopic (exact) mass is 346 g/mol. The molecule has 1 aromatic carbocycles. The minimum atomic E-state index is -3.87. The third-order valence-corrected chi connectivity index (χ3v) is 5.12. The Labute approximate surface area is 134 Å². The molecule has 1 fully saturated rings. The fourth-order valence-corrected chi connectivity index (χ4v) is 3.12. The summed E-state index contributed by atoms with van der Waals surface area (Å²) < 4.78 is 28.0. The molecule has 0 bridgehead atoms. The summed E-state index contributed by atoms with van der Waals surface area (Å²) in [5.41, 5.74) is 0.285. The highest BCUT2D eigenvalue weighted by atomic mass is 35.7. The van der Waals surface area contributed by atoms with Crippen molar-refractivity contribution in [2.45, 2.75) is 24.7 Å². The molecule has 8 heteroatoms. The highest BCUT2D eigenvalue weighted by Crippen LogP contribution is 2.29. The molecule has 0 radical (unpaired) electrons. The van der Waals surface area contributed by atoms with Gasteiger partial charge >= 0.3 is 6.03 Å². The second-order valence-electron chi connectivity index (χ2n) is 5.40. The van der Waals surface area contributed by atoms with Crippen molar-refractivity contribution in [1.82, 2.24) is 4.90 Å². The Hall–Kier alpha value is -1.47. The molecule has 1 aliphatic heterocycles. The maximum atomic E-state index is 12.3. The first-order valence-corrected chi connectivity index (χ1v) is 9.31. The number of nitrogens with zero attached hydrogens (tertiary/aromatic N) is 1. The van der Waals surface area contributed by atoms with Gasteiger partial charge in [0.25, 0.3) is 9.05 Å². The van der Waals surface area contributed by atoms with Crippen molar-refractivity contribution in [3.63, 3.8) is 0 Å². The van der Waals surface area contributed by atoms with Crippen LogP contribution in [0.25, 0.3) is 0 Å². The van der Waals surface area contributed by atoms with Crippen LogP contribution in [0, 0.1) is 5.92 Å². The minimum Gasteiger partial charge on any atom is -0.495 e. The van der Waals surface area contributed by atoms with Gasteiger partial charge in [0.05, 0.1) is 17.7 Å². The number of carbonyl (C=O) groups excluding carboxylic acids is 1. The average molecular weight is 347 g/mol. The van der Waals surface area contributed by atoms with Crippen LogP contribution in [0.5, 0.6) is 5.75 Å². The summed E-state index contributed by atoms with van der Waals surface area (Å²) in [6, 6.07) is 3.82. The second kappa shape index (κ2) is 6.75. The largest absolute Gasteiger partial charge is 0.495 e. The number of amides is 2. The van der Waals surface area contributed by atoms with Crippen molar-refractivity contribution >= 4 is 31.5 Å². The van der Waals surface area contributed by atoms with E-state index in [0.717, 1.165) is 12.8 Å². The van der Waals surface area contributed by atoms with E-state index in [2.05, 4.69) is 12.2 Å². The number of hydrogen-bond donors (Lipinski definition) is 1. The Morgan fingerprint density at radius 1 is 1.36 bits per heavy atom. The number of rotatable bonds is 3. The lowest BCUT2D eigenvalue weighted by molar-refractivity contribution is 0.186. The van der Waals surface area contributed by atoms with Gasteiger partial charge in [0.2, 0.25) is 0 Å². The van der Waals surface area contributed by atoms with Crippen LogP contribution >= 0.6 is 10.7 Å². The zero-order valence-corrected chi connectivity index (χ0v) is 14.1. The van der Waals surface area contributed by atoms with E-state index in [1.54, 1.807) is 4.90 Å². The number of halogens is 1. The van der Waals surface area contributed by atoms with Crippen molar-refractivity contribution < 1.29 is 17.9 Å². The fraction of sp³-hybridized carbons (Fsp3) is 0.500. The molecule has 1 aliphatic rings. The molecule has 1 aromatic rings. The fourth-order valence-electron chi connectivity index (χ4n) is 2.34. The number of likely N-dealkylation sites (tertiary alicyclic amines) is 1. The molecule has 1 N–H and O–H groups in total. The van der Waals surface area contributed by atoms with Crippen LogP contribution in [0.3, 0.4) is 0 Å². The second-order valence-corrected chi connectivity index (χ2v) is 7.97. The van der Waals surface area contributed by atoms with Crippen LogP contribution in [-0.2, 0) is 9.05 Å². The number of benzene rings is 1. The maximum absolute atomic E-state index is 12.3. The van der Waals surface area contributed by atoms with Crippen LogP contribution in [-0.4, -0.2) is 39.5 Å². The predicted molar refractivity (Wildman–Crippen MR) is 85.0 cm³/mol. The number of methoxy groups -OCH3 is 1. The zero-order chi connectivity index (χ0) is 16.3. The van der Waals surface area contributed by atoms with Gasteiger partial charge in [-0.3, -0.25) is 0 Å². The van der Waals surface area contributed by atoms with E-state index >= 15 is 0 Å². The lowest BCUT2D eigenvalue weighted by Gasteiger charge is -2.30. The first-order chi connectivity index (χ1) is 10.3. The lowest BCUT2D eigenvalue weighted by Crippen LogP contribution is -2.40. The Kier molecular flexibility index (Phi) is 5.18. The number of nitrogens with one attached hydrogen (secondary N) is 1. The number of carbonyl (C=O) groups is 1. The Bertz CT molecular complexity index is 655. The van der Waals surface area contributed by atoms with Crippen molar-refractivity contribution in [3.05, 3.63) is 18.2 Å². The van der Waals surface area contributed by atoms with Crippen LogP contribution in [0.2, 0.25) is 0 Å². The molecule has 6 nitrogen and oxygen atoms in total. The molecule has 2 amide bonds. The number of piperidine rings is 1. The Morgan fingerprint density at radius 2 is 2.00 bits per heavy atom. The van der Waals surface area contributed by atoms with E-state index in [1.807, 2.05) is 0 Å². The van der Waals surface area contributed by atoms with Crippen LogP contribution in [0.4, 0.5) is 10.5 Å². The first kappa shape index (κ1) is 16.9. The van der Waals surface area contributed by atoms with Crippen molar-refractivity contribution in [2.75, 3.05) is 25.5 Å². The van der Waals surface area contributed by atoms with E-state index in [4.69, 9.17) is 15.4 Å². The van der Waals surface area contributed by atoms with Gasteiger partial charge in [-0.25, -0.2) is 13.2 Å². The molecule has 122 valence electrons. The number of urea groups is 1. The van der Waals surface area contributed by atoms with Crippen molar-refractivity contribution in [1.29, 1.82) is 0 Å². The molecule has 2 rings (SSSR count). The predicted octanol–water partition coefficient (Wildman–Crippen LogP) is 2.89. The van der Waals surface area contributed by atoms with E-state index in [0.29, 0.717) is 24.8 Å². The van der Waals surface area contributed by atoms with Gasteiger partial charge in [0, 0.05) is 23.8 Å². The molecular formula is C14H19ClN2O4S. The van der Waals surface area contributed by atoms with E-state index in [-0.39, 0.29) is 16.6 Å². The van der Waals surface area contributed by atoms with Gasteiger partial charge < -0.3 is 15.0 Å². The normalized spacial score (nSPS) is 16.4. The van der Waals surface area contributed by atoms with Crippen molar-refractivity contribution in [2.24, 2.45) is 5.92 Å². The minimum absolute atomic E-state index is 0.0856. The quantitative estimate of drug-likeness (QED) is 0.854. The van der Waals surface area contributed by atoms with Crippen LogP contribution in [0.15, 0.2) is 23.1 Å². The SMILES string of the molecule is COc1ccc(S(=O)(=O)Cl)cc1NC(=O)N1CCC(C)CC1. The molecule has 1 heterocycles. The maximum Gasteiger partial charge on any atom is 0.321 e. The summed E-state index contributed by atoms with van der Waals surface area (Å²) in [7, 11) is 2.92. The molecule has 0 spiro atoms. The molecule has 0 atom stereocenters. The van der Waals surface area contributed by atoms with Crippen molar-refractivity contribution in [3.8, 4) is 5.75 Å². The van der Waals surface area contributed by atoms with E-state index in [1.165, 1.54) is 25.3 Å². The Balaban J connectivity index is 2.18. The molecule has 22 heavy (non-hydrogen) atoms. The van der Waals surface area contributed by atoms with Crippen LogP contribution < -0.4 is 10.1 Å². The Morgan fingerprint density at radius 3 is 2.55 bits per heavy atom. The van der Waals surface area contributed by atoms with Gasteiger partial charge in [0.15, 0.2) is 0 Å². The van der Waals surface area contributed by atoms with Gasteiger partial charge in [-0.2, -0.15) is 0 Å². The summed E-state index contributed by atoms with van der Waals surface area (Å²) in [6.07, 6.45) is 1.92. The van der Waals surface area contributed by atoms with E-state index < -0.39 is 9.05 Å². The third-order valence-electron chi connectivity index (χ3n) is 3.76. The molecule has 1 saturated heterocycles. The zero-order valence-electron chi connectivity index (χ0n) is 12.5. The highest BCUT2D eigenvalue weighted by molar-refractivity contribution is 8.13. The van der Waals surface area contributed by atoms with Gasteiger partial charge in [-0.1, -0.05) is 6.92 Å². The molecule has 0 aliphatic carbocycles. The summed E-state index contributed by atoms with van der Waals surface area (Å²) in [5, 5.41) is 2.70. The summed E-state index contributed by atoms with van der Waals surface area (Å²) in [4.78, 5) is 13.9. The third kappa shape index (κ3) is 4.04. The number of anilines is 1. The first-order valence-electron chi connectivity index (χ1n) is 7.00. The molecular weight excluding hydrogens is 328 g/mol. The summed E-state index contributed by atoms with van der Waals surface area (Å²) in [6.45, 7) is 3.53. The van der Waals surface area contributed by atoms with Gasteiger partial charge in [-0.05, 0) is 37.0 Å². The topological polar surface area (TPSA) is 75.7 Å². The number of ether oxygens (including phenoxy) is 1. The standard InChI is InChI=1S/C14H19ClN2O4S/c1-10-5-7-17(8-6-10)14(18)16-12-9-11(22(15,19)20)3-4-13(12)21-2/h3-4,9-10H,5-8H2,1-2H3,(H,16,18). The smallest absolute Gasteiger partial charge is 0.321 e. The highest BCUT2D eigenvalue weighted by Gasteiger charge is 2.22. The number of hydrogen-bond acceptors (Lipinski definition) is 4. The molecule has 0 saturated carbocycles. The van der Waals surface area contributed by atoms with Crippen LogP contribution in [0.1, 0.15) is 19.8 Å². The molecule has 0 aromatic heterocycles. The van der Waals surface area contributed by atoms with E-state index in [9.17, 15) is 13.2 Å².